The minimum Gasteiger partial charge on any atom is -0.493 e. The molecule has 0 radical (unpaired) electrons. The van der Waals surface area contributed by atoms with Crippen LogP contribution in [0.25, 0.3) is 0 Å². The molecule has 1 fully saturated rings. The Bertz CT molecular complexity index is 523. The van der Waals surface area contributed by atoms with Crippen molar-refractivity contribution in [3.63, 3.8) is 0 Å². The molecule has 2 N–H and O–H groups in total. The van der Waals surface area contributed by atoms with E-state index in [4.69, 9.17) is 34.3 Å². The van der Waals surface area contributed by atoms with E-state index in [1.165, 1.54) is 0 Å². The fourth-order valence-electron chi connectivity index (χ4n) is 2.42. The number of halogens is 1. The highest BCUT2D eigenvalue weighted by atomic mass is 35.5. The van der Waals surface area contributed by atoms with Crippen LogP contribution in [0, 0.1) is 12.3 Å². The fourth-order valence-corrected chi connectivity index (χ4v) is 3.16. The third-order valence-corrected chi connectivity index (χ3v) is 4.43. The van der Waals surface area contributed by atoms with E-state index in [1.807, 2.05) is 13.0 Å². The van der Waals surface area contributed by atoms with Crippen LogP contribution in [0.3, 0.4) is 0 Å². The molecule has 2 nitrogen and oxygen atoms in total. The van der Waals surface area contributed by atoms with Crippen LogP contribution in [0.4, 0.5) is 0 Å². The van der Waals surface area contributed by atoms with E-state index >= 15 is 0 Å². The van der Waals surface area contributed by atoms with Crippen molar-refractivity contribution >= 4 is 28.8 Å². The standard InChI is InChI=1S/C16H22ClNOS/c1-10(2)12-7-14(11(3)6-13(12)17)19-9-16(4-5-16)8-15(18)20/h6-7,10H,4-5,8-9H2,1-3H3,(H2,18,20). The van der Waals surface area contributed by atoms with Gasteiger partial charge in [-0.15, -0.1) is 0 Å². The summed E-state index contributed by atoms with van der Waals surface area (Å²) in [5.41, 5.74) is 8.04. The summed E-state index contributed by atoms with van der Waals surface area (Å²) in [6.07, 6.45) is 3.08. The molecule has 0 aliphatic heterocycles. The molecule has 1 aromatic carbocycles. The summed E-state index contributed by atoms with van der Waals surface area (Å²) in [5, 5.41) is 0.814. The Kier molecular flexibility index (Phi) is 4.60. The van der Waals surface area contributed by atoms with Gasteiger partial charge in [0.25, 0.3) is 0 Å². The Balaban J connectivity index is 2.10. The van der Waals surface area contributed by atoms with Gasteiger partial charge in [0.15, 0.2) is 0 Å². The predicted molar refractivity (Wildman–Crippen MR) is 88.8 cm³/mol. The number of benzene rings is 1. The van der Waals surface area contributed by atoms with Gasteiger partial charge in [0.05, 0.1) is 11.6 Å². The number of hydrogen-bond acceptors (Lipinski definition) is 2. The topological polar surface area (TPSA) is 35.2 Å². The molecule has 1 saturated carbocycles. The molecular formula is C16H22ClNOS. The Morgan fingerprint density at radius 3 is 2.60 bits per heavy atom. The van der Waals surface area contributed by atoms with Crippen molar-refractivity contribution in [2.45, 2.75) is 46.0 Å². The van der Waals surface area contributed by atoms with Crippen molar-refractivity contribution in [1.82, 2.24) is 0 Å². The highest BCUT2D eigenvalue weighted by Gasteiger charge is 2.43. The zero-order chi connectivity index (χ0) is 14.9. The first-order chi connectivity index (χ1) is 9.33. The van der Waals surface area contributed by atoms with Crippen LogP contribution < -0.4 is 10.5 Å². The quantitative estimate of drug-likeness (QED) is 0.779. The Hall–Kier alpha value is -0.800. The zero-order valence-electron chi connectivity index (χ0n) is 12.3. The number of rotatable bonds is 6. The van der Waals surface area contributed by atoms with Gasteiger partial charge in [0, 0.05) is 16.9 Å². The van der Waals surface area contributed by atoms with Crippen LogP contribution in [0.1, 0.15) is 50.2 Å². The third-order valence-electron chi connectivity index (χ3n) is 3.96. The summed E-state index contributed by atoms with van der Waals surface area (Å²) in [4.78, 5) is 0.585. The SMILES string of the molecule is Cc1cc(Cl)c(C(C)C)cc1OCC1(CC(N)=S)CC1. The molecule has 1 aliphatic rings. The van der Waals surface area contributed by atoms with E-state index in [-0.39, 0.29) is 5.41 Å². The summed E-state index contributed by atoms with van der Waals surface area (Å²) >= 11 is 11.3. The van der Waals surface area contributed by atoms with Crippen LogP contribution in [-0.2, 0) is 0 Å². The summed E-state index contributed by atoms with van der Waals surface area (Å²) in [7, 11) is 0. The first-order valence-corrected chi connectivity index (χ1v) is 7.83. The maximum atomic E-state index is 6.28. The van der Waals surface area contributed by atoms with Gasteiger partial charge in [-0.1, -0.05) is 37.7 Å². The van der Waals surface area contributed by atoms with E-state index in [0.29, 0.717) is 17.5 Å². The average molecular weight is 312 g/mol. The summed E-state index contributed by atoms with van der Waals surface area (Å²) in [6, 6.07) is 4.05. The molecule has 0 saturated heterocycles. The molecule has 0 aromatic heterocycles. The molecule has 4 heteroatoms. The minimum atomic E-state index is 0.176. The minimum absolute atomic E-state index is 0.176. The molecule has 20 heavy (non-hydrogen) atoms. The van der Waals surface area contributed by atoms with E-state index in [2.05, 4.69) is 19.9 Å². The summed E-state index contributed by atoms with van der Waals surface area (Å²) in [5.74, 6) is 1.31. The van der Waals surface area contributed by atoms with Gasteiger partial charge < -0.3 is 10.5 Å². The van der Waals surface area contributed by atoms with Gasteiger partial charge in [-0.25, -0.2) is 0 Å². The number of ether oxygens (including phenoxy) is 1. The van der Waals surface area contributed by atoms with E-state index < -0.39 is 0 Å². The van der Waals surface area contributed by atoms with E-state index in [9.17, 15) is 0 Å². The lowest BCUT2D eigenvalue weighted by molar-refractivity contribution is 0.237. The van der Waals surface area contributed by atoms with Crippen molar-refractivity contribution in [1.29, 1.82) is 0 Å². The van der Waals surface area contributed by atoms with Crippen molar-refractivity contribution < 1.29 is 4.74 Å². The van der Waals surface area contributed by atoms with Gasteiger partial charge in [0.2, 0.25) is 0 Å². The second-order valence-corrected chi connectivity index (χ2v) is 7.16. The maximum absolute atomic E-state index is 6.28. The maximum Gasteiger partial charge on any atom is 0.122 e. The molecule has 0 unspecified atom stereocenters. The van der Waals surface area contributed by atoms with Crippen LogP contribution in [0.5, 0.6) is 5.75 Å². The Labute approximate surface area is 131 Å². The molecule has 0 bridgehead atoms. The number of nitrogens with two attached hydrogens (primary N) is 1. The molecular weight excluding hydrogens is 290 g/mol. The third kappa shape index (κ3) is 3.64. The highest BCUT2D eigenvalue weighted by molar-refractivity contribution is 7.80. The van der Waals surface area contributed by atoms with Crippen molar-refractivity contribution in [3.05, 3.63) is 28.3 Å². The van der Waals surface area contributed by atoms with Gasteiger partial charge >= 0.3 is 0 Å². The molecule has 0 amide bonds. The molecule has 1 aliphatic carbocycles. The molecule has 110 valence electrons. The Morgan fingerprint density at radius 1 is 1.45 bits per heavy atom. The average Bonchev–Trinajstić information content (AvgIpc) is 3.06. The summed E-state index contributed by atoms with van der Waals surface area (Å²) < 4.78 is 6.04. The molecule has 1 aromatic rings. The van der Waals surface area contributed by atoms with Crippen LogP contribution in [0.2, 0.25) is 5.02 Å². The lowest BCUT2D eigenvalue weighted by atomic mass is 10.0. The van der Waals surface area contributed by atoms with Gasteiger partial charge in [-0.05, 0) is 48.9 Å². The first kappa shape index (κ1) is 15.6. The van der Waals surface area contributed by atoms with Crippen LogP contribution in [-0.4, -0.2) is 11.6 Å². The number of aryl methyl sites for hydroxylation is 1. The fraction of sp³-hybridized carbons (Fsp3) is 0.562. The van der Waals surface area contributed by atoms with Crippen molar-refractivity contribution in [2.24, 2.45) is 11.1 Å². The first-order valence-electron chi connectivity index (χ1n) is 7.04. The van der Waals surface area contributed by atoms with Gasteiger partial charge in [-0.2, -0.15) is 0 Å². The van der Waals surface area contributed by atoms with Crippen molar-refractivity contribution in [2.75, 3.05) is 6.61 Å². The van der Waals surface area contributed by atoms with E-state index in [0.717, 1.165) is 41.2 Å². The lowest BCUT2D eigenvalue weighted by Crippen LogP contribution is -2.21. The molecule has 0 atom stereocenters. The largest absolute Gasteiger partial charge is 0.493 e. The second kappa shape index (κ2) is 5.90. The predicted octanol–water partition coefficient (Wildman–Crippen LogP) is 4.61. The lowest BCUT2D eigenvalue weighted by Gasteiger charge is -2.18. The van der Waals surface area contributed by atoms with Crippen LogP contribution in [0.15, 0.2) is 12.1 Å². The monoisotopic (exact) mass is 311 g/mol. The second-order valence-electron chi connectivity index (χ2n) is 6.23. The highest BCUT2D eigenvalue weighted by Crippen LogP contribution is 2.49. The number of thiocarbonyl (C=S) groups is 1. The van der Waals surface area contributed by atoms with E-state index in [1.54, 1.807) is 0 Å². The van der Waals surface area contributed by atoms with Gasteiger partial charge in [0.1, 0.15) is 5.75 Å². The molecule has 0 spiro atoms. The van der Waals surface area contributed by atoms with Gasteiger partial charge in [-0.3, -0.25) is 0 Å². The Morgan fingerprint density at radius 2 is 2.10 bits per heavy atom. The summed E-state index contributed by atoms with van der Waals surface area (Å²) in [6.45, 7) is 6.98. The smallest absolute Gasteiger partial charge is 0.122 e. The van der Waals surface area contributed by atoms with Crippen molar-refractivity contribution in [3.8, 4) is 5.75 Å². The van der Waals surface area contributed by atoms with Crippen LogP contribution >= 0.6 is 23.8 Å². The zero-order valence-corrected chi connectivity index (χ0v) is 13.9. The number of hydrogen-bond donors (Lipinski definition) is 1. The molecule has 2 rings (SSSR count). The molecule has 0 heterocycles. The normalized spacial score (nSPS) is 16.2.